The van der Waals surface area contributed by atoms with Gasteiger partial charge in [0.1, 0.15) is 6.61 Å². The van der Waals surface area contributed by atoms with Crippen LogP contribution in [0.25, 0.3) is 11.1 Å². The highest BCUT2D eigenvalue weighted by Gasteiger charge is 2.66. The van der Waals surface area contributed by atoms with Crippen molar-refractivity contribution in [3.8, 4) is 11.1 Å². The van der Waals surface area contributed by atoms with E-state index in [1.165, 1.54) is 22.3 Å². The quantitative estimate of drug-likeness (QED) is 0.593. The van der Waals surface area contributed by atoms with Crippen LogP contribution < -0.4 is 5.32 Å². The summed E-state index contributed by atoms with van der Waals surface area (Å²) in [6.45, 7) is 4.45. The molecule has 3 aliphatic carbocycles. The Labute approximate surface area is 205 Å². The van der Waals surface area contributed by atoms with Crippen LogP contribution in [0.2, 0.25) is 0 Å². The van der Waals surface area contributed by atoms with Crippen molar-refractivity contribution in [2.24, 2.45) is 17.3 Å². The van der Waals surface area contributed by atoms with E-state index in [4.69, 9.17) is 4.74 Å². The number of amides is 2. The number of rotatable bonds is 8. The van der Waals surface area contributed by atoms with Crippen molar-refractivity contribution < 1.29 is 24.2 Å². The van der Waals surface area contributed by atoms with Crippen molar-refractivity contribution in [2.75, 3.05) is 19.7 Å². The predicted molar refractivity (Wildman–Crippen MR) is 131 cm³/mol. The van der Waals surface area contributed by atoms with Crippen LogP contribution in [-0.2, 0) is 14.3 Å². The minimum atomic E-state index is -0.901. The van der Waals surface area contributed by atoms with E-state index in [-0.39, 0.29) is 36.9 Å². The van der Waals surface area contributed by atoms with Crippen molar-refractivity contribution in [2.45, 2.75) is 45.1 Å². The molecule has 2 aromatic carbocycles. The van der Waals surface area contributed by atoms with Gasteiger partial charge in [-0.2, -0.15) is 0 Å². The third kappa shape index (κ3) is 4.17. The van der Waals surface area contributed by atoms with Crippen LogP contribution in [0.15, 0.2) is 48.5 Å². The maximum atomic E-state index is 13.3. The first kappa shape index (κ1) is 23.4. The van der Waals surface area contributed by atoms with Crippen molar-refractivity contribution in [3.63, 3.8) is 0 Å². The molecule has 0 spiro atoms. The molecule has 0 aliphatic heterocycles. The van der Waals surface area contributed by atoms with Gasteiger partial charge in [0.15, 0.2) is 0 Å². The molecule has 2 N–H and O–H groups in total. The molecule has 0 aromatic heterocycles. The topological polar surface area (TPSA) is 95.9 Å². The maximum Gasteiger partial charge on any atom is 0.407 e. The number of carbonyl (C=O) groups excluding carboxylic acids is 2. The molecule has 0 saturated heterocycles. The molecule has 184 valence electrons. The Morgan fingerprint density at radius 3 is 2.31 bits per heavy atom. The number of fused-ring (bicyclic) bond motifs is 4. The Morgan fingerprint density at radius 1 is 1.09 bits per heavy atom. The largest absolute Gasteiger partial charge is 0.481 e. The average molecular weight is 477 g/mol. The van der Waals surface area contributed by atoms with Crippen molar-refractivity contribution >= 4 is 18.0 Å². The number of ether oxygens (including phenoxy) is 1. The zero-order valence-corrected chi connectivity index (χ0v) is 20.2. The fourth-order valence-electron chi connectivity index (χ4n) is 6.15. The summed E-state index contributed by atoms with van der Waals surface area (Å²) < 4.78 is 5.68. The van der Waals surface area contributed by atoms with Gasteiger partial charge < -0.3 is 20.1 Å². The summed E-state index contributed by atoms with van der Waals surface area (Å²) in [6.07, 6.45) is 1.69. The molecule has 2 aromatic rings. The monoisotopic (exact) mass is 476 g/mol. The molecule has 2 fully saturated rings. The SMILES string of the molecule is CCN(CC(C)C(=O)O)C(=O)C12CC(NC(=O)OCC3c4ccccc4-c4ccccc43)CC1C2. The number of carbonyl (C=O) groups is 3. The number of carboxylic acids is 1. The lowest BCUT2D eigenvalue weighted by Crippen LogP contribution is -2.42. The molecule has 3 aliphatic rings. The molecule has 0 radical (unpaired) electrons. The van der Waals surface area contributed by atoms with Gasteiger partial charge in [-0.1, -0.05) is 55.5 Å². The molecule has 35 heavy (non-hydrogen) atoms. The van der Waals surface area contributed by atoms with Crippen LogP contribution in [0.1, 0.15) is 50.2 Å². The van der Waals surface area contributed by atoms with Crippen molar-refractivity contribution in [1.29, 1.82) is 0 Å². The number of alkyl carbamates (subject to hydrolysis) is 1. The highest BCUT2D eigenvalue weighted by Crippen LogP contribution is 2.64. The first-order valence-electron chi connectivity index (χ1n) is 12.5. The lowest BCUT2D eigenvalue weighted by molar-refractivity contribution is -0.144. The van der Waals surface area contributed by atoms with Crippen molar-refractivity contribution in [1.82, 2.24) is 10.2 Å². The number of aliphatic carboxylic acids is 1. The minimum Gasteiger partial charge on any atom is -0.481 e. The summed E-state index contributed by atoms with van der Waals surface area (Å²) in [7, 11) is 0. The minimum absolute atomic E-state index is 0.00684. The Morgan fingerprint density at radius 2 is 1.71 bits per heavy atom. The Balaban J connectivity index is 1.18. The van der Waals surface area contributed by atoms with Gasteiger partial charge in [-0.25, -0.2) is 4.79 Å². The van der Waals surface area contributed by atoms with Crippen LogP contribution in [0.5, 0.6) is 0 Å². The molecule has 0 bridgehead atoms. The number of hydrogen-bond donors (Lipinski definition) is 2. The molecule has 7 nitrogen and oxygen atoms in total. The summed E-state index contributed by atoms with van der Waals surface area (Å²) in [5, 5.41) is 12.2. The number of benzene rings is 2. The van der Waals surface area contributed by atoms with Gasteiger partial charge in [0.25, 0.3) is 0 Å². The van der Waals surface area contributed by atoms with Crippen LogP contribution in [0.4, 0.5) is 4.79 Å². The lowest BCUT2D eigenvalue weighted by Gasteiger charge is -2.27. The molecule has 4 unspecified atom stereocenters. The van der Waals surface area contributed by atoms with E-state index >= 15 is 0 Å². The smallest absolute Gasteiger partial charge is 0.407 e. The van der Waals surface area contributed by atoms with Gasteiger partial charge in [-0.05, 0) is 54.4 Å². The fourth-order valence-corrected chi connectivity index (χ4v) is 6.15. The van der Waals surface area contributed by atoms with Crippen LogP contribution in [0, 0.1) is 17.3 Å². The predicted octanol–water partition coefficient (Wildman–Crippen LogP) is 4.26. The van der Waals surface area contributed by atoms with E-state index in [1.807, 2.05) is 31.2 Å². The van der Waals surface area contributed by atoms with Crippen LogP contribution in [-0.4, -0.2) is 53.7 Å². The van der Waals surface area contributed by atoms with Gasteiger partial charge in [0.2, 0.25) is 5.91 Å². The molecule has 0 heterocycles. The molecular formula is C28H32N2O5. The number of carboxylic acid groups (broad SMARTS) is 1. The highest BCUT2D eigenvalue weighted by atomic mass is 16.5. The van der Waals surface area contributed by atoms with E-state index in [9.17, 15) is 19.5 Å². The fraction of sp³-hybridized carbons (Fsp3) is 0.464. The van der Waals surface area contributed by atoms with Gasteiger partial charge in [-0.15, -0.1) is 0 Å². The van der Waals surface area contributed by atoms with Crippen LogP contribution >= 0.6 is 0 Å². The summed E-state index contributed by atoms with van der Waals surface area (Å²) in [4.78, 5) is 38.9. The van der Waals surface area contributed by atoms with Gasteiger partial charge in [-0.3, -0.25) is 9.59 Å². The average Bonchev–Trinajstić information content (AvgIpc) is 3.28. The Kier molecular flexibility index (Phi) is 6.03. The number of nitrogens with zero attached hydrogens (tertiary/aromatic N) is 1. The summed E-state index contributed by atoms with van der Waals surface area (Å²) in [5.74, 6) is -1.24. The summed E-state index contributed by atoms with van der Waals surface area (Å²) in [5.41, 5.74) is 4.25. The standard InChI is InChI=1S/C28H32N2O5/c1-3-30(15-17(2)25(31)32)26(33)28-13-18(28)12-19(14-28)29-27(34)35-16-24-22-10-6-4-8-20(22)21-9-5-7-11-23(21)24/h4-11,17-19,24H,3,12-16H2,1-2H3,(H,29,34)(H,31,32). The number of hydrogen-bond acceptors (Lipinski definition) is 4. The second-order valence-electron chi connectivity index (χ2n) is 10.2. The Bertz CT molecular complexity index is 1120. The molecule has 2 saturated carbocycles. The molecule has 4 atom stereocenters. The number of nitrogens with one attached hydrogen (secondary N) is 1. The molecule has 5 rings (SSSR count). The van der Waals surface area contributed by atoms with E-state index in [0.29, 0.717) is 13.0 Å². The third-order valence-electron chi connectivity index (χ3n) is 8.09. The van der Waals surface area contributed by atoms with Crippen LogP contribution in [0.3, 0.4) is 0 Å². The van der Waals surface area contributed by atoms with Gasteiger partial charge in [0.05, 0.1) is 11.3 Å². The zero-order chi connectivity index (χ0) is 24.7. The van der Waals surface area contributed by atoms with E-state index in [2.05, 4.69) is 29.6 Å². The summed E-state index contributed by atoms with van der Waals surface area (Å²) in [6, 6.07) is 16.3. The molecule has 7 heteroatoms. The zero-order valence-electron chi connectivity index (χ0n) is 20.2. The second-order valence-corrected chi connectivity index (χ2v) is 10.2. The lowest BCUT2D eigenvalue weighted by atomic mass is 9.98. The highest BCUT2D eigenvalue weighted by molar-refractivity contribution is 5.87. The second kappa shape index (κ2) is 9.02. The molecular weight excluding hydrogens is 444 g/mol. The third-order valence-corrected chi connectivity index (χ3v) is 8.09. The van der Waals surface area contributed by atoms with Gasteiger partial charge >= 0.3 is 12.1 Å². The molecule has 2 amide bonds. The van der Waals surface area contributed by atoms with Gasteiger partial charge in [0, 0.05) is 25.0 Å². The first-order chi connectivity index (χ1) is 16.8. The van der Waals surface area contributed by atoms with E-state index in [1.54, 1.807) is 11.8 Å². The van der Waals surface area contributed by atoms with E-state index in [0.717, 1.165) is 12.8 Å². The first-order valence-corrected chi connectivity index (χ1v) is 12.5. The Hall–Kier alpha value is -3.35. The summed E-state index contributed by atoms with van der Waals surface area (Å²) >= 11 is 0. The van der Waals surface area contributed by atoms with E-state index < -0.39 is 23.4 Å². The van der Waals surface area contributed by atoms with Crippen molar-refractivity contribution in [3.05, 3.63) is 59.7 Å². The normalized spacial score (nSPS) is 24.6. The maximum absolute atomic E-state index is 13.3.